The molecule has 14 nitrogen and oxygen atoms in total. The molecule has 0 N–H and O–H groups in total. The van der Waals surface area contributed by atoms with Crippen LogP contribution in [0.3, 0.4) is 0 Å². The van der Waals surface area contributed by atoms with Gasteiger partial charge in [0.25, 0.3) is 23.2 Å². The number of imidazole rings is 2. The third-order valence-electron chi connectivity index (χ3n) is 33.0. The van der Waals surface area contributed by atoms with Crippen molar-refractivity contribution in [2.24, 2.45) is 0 Å². The van der Waals surface area contributed by atoms with E-state index in [4.69, 9.17) is 4.42 Å². The first-order valence-electron chi connectivity index (χ1n) is 51.4. The van der Waals surface area contributed by atoms with Crippen molar-refractivity contribution in [3.05, 3.63) is 472 Å². The van der Waals surface area contributed by atoms with Gasteiger partial charge in [-0.3, -0.25) is 13.5 Å². The number of pyridine rings is 2. The molecule has 21 heterocycles. The molecule has 24 heteroatoms. The summed E-state index contributed by atoms with van der Waals surface area (Å²) in [7, 11) is -2.72. The van der Waals surface area contributed by atoms with Gasteiger partial charge in [-0.25, -0.2) is 9.13 Å². The molecule has 37 rings (SSSR count). The highest BCUT2D eigenvalue weighted by molar-refractivity contribution is 8.05. The maximum Gasteiger partial charge on any atom is 0.542 e. The van der Waals surface area contributed by atoms with Gasteiger partial charge in [0.2, 0.25) is 18.1 Å². The Kier molecular flexibility index (Phi) is 18.3. The molecule has 15 aliphatic rings. The van der Waals surface area contributed by atoms with E-state index in [0.717, 1.165) is 38.7 Å². The van der Waals surface area contributed by atoms with Crippen molar-refractivity contribution in [1.82, 2.24) is 13.7 Å². The standard InChI is InChI=1S/C27H23BN2P.2C26H18BN3P.C22H16BN3P.C22H15BN2OP/c1-18(2)20-15-22-27-26-19(16-29(27)17-20)9-8-13-24(26)30-23-12-6-7-14-25(23)31(28(22)30)21-10-4-3-5-11-21;1-2-10-19(11-3-1)31-24-16-7-6-14-22(24)29-23-15-8-9-18-17-28-20-12-4-5-13-21(20)30(27(29)31)26(28)25(18)23;1-2-9-18(10-3-1)31-23-15-7-6-14-22(23)30-24-19-11-4-5-13-21(19)29-17-28-16-8-12-20(27(30)31)25(28)26(24)29;1-2-8-17(9-3-1)27-20-12-5-4-10-18(20)26-19-11-6-7-16-15-24-13-14-25(23(26)27)22(24)21(16)19;1-2-8-16(9-3-1)27-19-12-5-4-11-18(19)25-22-21-20-15(13-24(21)14-26-22)7-6-10-17(20)23(25)27/h3-15,17-18H,16H2,1-2H3;2*1-16H,17H2;1-14H,15H2;1-12,14H,13H2/q5*+1. The second-order valence-electron chi connectivity index (χ2n) is 40.8. The Hall–Kier alpha value is -15.3. The summed E-state index contributed by atoms with van der Waals surface area (Å²) >= 11 is 0. The smallest absolute Gasteiger partial charge is 0.387 e. The van der Waals surface area contributed by atoms with Gasteiger partial charge in [-0.15, -0.1) is 0 Å². The normalized spacial score (nSPS) is 17.3. The molecule has 688 valence electrons. The lowest BCUT2D eigenvalue weighted by Gasteiger charge is -2.33. The van der Waals surface area contributed by atoms with E-state index in [1.807, 2.05) is 6.39 Å². The summed E-state index contributed by atoms with van der Waals surface area (Å²) < 4.78 is 26.0. The van der Waals surface area contributed by atoms with Gasteiger partial charge in [-0.2, -0.15) is 13.7 Å². The van der Waals surface area contributed by atoms with Crippen LogP contribution in [-0.4, -0.2) is 46.8 Å². The fourth-order valence-corrected chi connectivity index (χ4v) is 41.9. The number of anilines is 10. The van der Waals surface area contributed by atoms with Crippen LogP contribution in [0.2, 0.25) is 0 Å². The SMILES string of the molecule is CC(C)c1cc2c3[n+](c1)Cc1cccc(c1-3)N1B2P(c2ccccc2)c2ccccc21.c1ccc(P2B3N(c4ccccc42)c2cccc4c2-c2n(c5ccccc5[n+]23)C4)cc1.c1ccc(P2B3N(c4ccccc42)c2cccc4c2-c2n(cc[n+]23)C4)cc1.c1ccc(P2B3c4ccc[n+]5c4-c4c(c6ccccc6n4C5)N3c3ccccc32)cc1.c1ccc(P2B3c4cccc5c4-c4c(oc[n+]4C5)N3c3ccccc32)cc1. The molecule has 147 heavy (non-hydrogen) atoms. The van der Waals surface area contributed by atoms with Crippen molar-refractivity contribution in [1.29, 1.82) is 0 Å². The van der Waals surface area contributed by atoms with Gasteiger partial charge in [0.15, 0.2) is 36.5 Å². The van der Waals surface area contributed by atoms with E-state index in [1.165, 1.54) is 227 Å². The minimum Gasteiger partial charge on any atom is -0.387 e. The molecule has 16 aromatic carbocycles. The Morgan fingerprint density at radius 1 is 0.320 bits per heavy atom. The third-order valence-corrected chi connectivity index (χ3v) is 46.6. The van der Waals surface area contributed by atoms with Crippen molar-refractivity contribution < 1.29 is 27.1 Å². The summed E-state index contributed by atoms with van der Waals surface area (Å²) in [6, 6.07) is 153. The summed E-state index contributed by atoms with van der Waals surface area (Å²) in [6.07, 6.45) is 11.1. The van der Waals surface area contributed by atoms with Crippen molar-refractivity contribution in [2.45, 2.75) is 52.6 Å². The van der Waals surface area contributed by atoms with E-state index in [9.17, 15) is 0 Å². The van der Waals surface area contributed by atoms with Crippen molar-refractivity contribution in [3.8, 4) is 56.7 Å². The minimum atomic E-state index is -0.586. The van der Waals surface area contributed by atoms with E-state index >= 15 is 0 Å². The van der Waals surface area contributed by atoms with Crippen molar-refractivity contribution in [2.75, 3.05) is 24.1 Å². The van der Waals surface area contributed by atoms with Crippen LogP contribution in [-0.2, 0) is 32.8 Å². The van der Waals surface area contributed by atoms with Gasteiger partial charge in [0.1, 0.15) is 31.2 Å². The van der Waals surface area contributed by atoms with Gasteiger partial charge in [0.05, 0.1) is 33.5 Å². The fourth-order valence-electron chi connectivity index (χ4n) is 27.3. The zero-order valence-electron chi connectivity index (χ0n) is 80.6. The molecule has 0 radical (unpaired) electrons. The van der Waals surface area contributed by atoms with Crippen LogP contribution < -0.4 is 116 Å². The molecule has 0 aliphatic carbocycles. The predicted molar refractivity (Wildman–Crippen MR) is 612 cm³/mol. The van der Waals surface area contributed by atoms with Crippen molar-refractivity contribution in [3.63, 3.8) is 0 Å². The number of benzene rings is 16. The second kappa shape index (κ2) is 32.1. The molecule has 6 aromatic heterocycles. The van der Waals surface area contributed by atoms with Crippen LogP contribution in [0.15, 0.2) is 448 Å². The second-order valence-corrected chi connectivity index (χ2v) is 51.9. The van der Waals surface area contributed by atoms with Crippen LogP contribution in [0.5, 0.6) is 0 Å². The quantitative estimate of drug-likeness (QED) is 0.0939. The lowest BCUT2D eigenvalue weighted by molar-refractivity contribution is -0.681. The summed E-state index contributed by atoms with van der Waals surface area (Å²) in [5, 5.41) is 16.0. The highest BCUT2D eigenvalue weighted by Gasteiger charge is 2.63. The summed E-state index contributed by atoms with van der Waals surface area (Å²) in [5.41, 5.74) is 39.0. The van der Waals surface area contributed by atoms with Crippen LogP contribution in [0, 0.1) is 0 Å². The van der Waals surface area contributed by atoms with Crippen LogP contribution in [0.25, 0.3) is 78.6 Å². The van der Waals surface area contributed by atoms with E-state index in [2.05, 4.69) is 512 Å². The van der Waals surface area contributed by atoms with E-state index in [1.54, 1.807) is 0 Å². The molecular formula is C123H90B5N13OP5+5. The largest absolute Gasteiger partial charge is 0.542 e. The molecule has 0 fully saturated rings. The van der Waals surface area contributed by atoms with E-state index in [-0.39, 0.29) is 6.70 Å². The molecular weight excluding hydrogens is 1880 g/mol. The minimum absolute atomic E-state index is 0.247. The number of oxazole rings is 1. The summed E-state index contributed by atoms with van der Waals surface area (Å²) in [4.78, 5) is 13.0. The van der Waals surface area contributed by atoms with Crippen molar-refractivity contribution >= 4 is 221 Å². The molecule has 0 bridgehead atoms. The Morgan fingerprint density at radius 3 is 1.37 bits per heavy atom. The molecule has 0 spiro atoms. The average molecular weight is 1980 g/mol. The number of rotatable bonds is 6. The molecule has 0 amide bonds. The highest BCUT2D eigenvalue weighted by atomic mass is 31.1. The Labute approximate surface area is 859 Å². The number of fused-ring (bicyclic) bond motifs is 31. The summed E-state index contributed by atoms with van der Waals surface area (Å²) in [6.45, 7) is 10.9. The monoisotopic (exact) mass is 1970 g/mol. The number of hydrogen-bond acceptors (Lipinski definition) is 6. The number of nitrogens with zero attached hydrogens (tertiary/aromatic N) is 13. The lowest BCUT2D eigenvalue weighted by atomic mass is 9.70. The molecule has 22 aromatic rings. The molecule has 5 atom stereocenters. The van der Waals surface area contributed by atoms with Gasteiger partial charge in [-0.1, -0.05) is 347 Å². The number of para-hydroxylation sites is 8. The van der Waals surface area contributed by atoms with Crippen LogP contribution >= 0.6 is 39.0 Å². The predicted octanol–water partition coefficient (Wildman–Crippen LogP) is 18.6. The van der Waals surface area contributed by atoms with Gasteiger partial charge in [-0.05, 0) is 150 Å². The maximum atomic E-state index is 6.14. The lowest BCUT2D eigenvalue weighted by Crippen LogP contribution is -2.61. The Balaban J connectivity index is 0.0000000802. The fraction of sp³-hybridized carbons (Fsp3) is 0.0650. The zero-order chi connectivity index (χ0) is 96.0. The first-order valence-corrected chi connectivity index (χ1v) is 58.4. The highest BCUT2D eigenvalue weighted by Crippen LogP contribution is 2.64. The first kappa shape index (κ1) is 84.0. The maximum absolute atomic E-state index is 6.14. The van der Waals surface area contributed by atoms with E-state index < -0.39 is 39.0 Å². The van der Waals surface area contributed by atoms with E-state index in [0.29, 0.717) is 32.3 Å². The topological polar surface area (TPSA) is 63.5 Å². The average Bonchev–Trinajstić information content (AvgIpc) is 1.47. The molecule has 5 unspecified atom stereocenters. The van der Waals surface area contributed by atoms with Crippen LogP contribution in [0.4, 0.5) is 57.1 Å². The Bertz CT molecular complexity index is 9400. The zero-order valence-corrected chi connectivity index (χ0v) is 85.1. The first-order chi connectivity index (χ1) is 72.9. The third kappa shape index (κ3) is 11.7. The Morgan fingerprint density at radius 2 is 0.769 bits per heavy atom. The van der Waals surface area contributed by atoms with Gasteiger partial charge >= 0.3 is 39.5 Å². The molecule has 0 saturated carbocycles. The van der Waals surface area contributed by atoms with Gasteiger partial charge in [0, 0.05) is 122 Å². The summed E-state index contributed by atoms with van der Waals surface area (Å²) in [5.74, 6) is 4.27. The number of hydrogen-bond donors (Lipinski definition) is 0. The van der Waals surface area contributed by atoms with Gasteiger partial charge < -0.3 is 28.5 Å². The molecule has 0 saturated heterocycles. The van der Waals surface area contributed by atoms with Crippen LogP contribution in [0.1, 0.15) is 47.6 Å². The molecule has 15 aliphatic heterocycles. The number of aromatic nitrogens is 8.